The molecule has 1 aliphatic rings. The van der Waals surface area contributed by atoms with E-state index in [9.17, 15) is 14.0 Å². The van der Waals surface area contributed by atoms with Crippen molar-refractivity contribution in [1.82, 2.24) is 9.88 Å². The standard InChI is InChI=1S/C16H16ClFN2O3/c1-8(7-21)19-16(23)11-6-20(9-2-3-9)14-5-12(17)13(18)4-10(14)15(11)22/h4-6,8-9,21H,2-3,7H2,1H3,(H,19,23). The number of nitrogens with zero attached hydrogens (tertiary/aromatic N) is 1. The molecule has 0 radical (unpaired) electrons. The number of carbonyl (C=O) groups excluding carboxylic acids is 1. The van der Waals surface area contributed by atoms with Crippen LogP contribution in [0.15, 0.2) is 23.1 Å². The molecule has 0 bridgehead atoms. The summed E-state index contributed by atoms with van der Waals surface area (Å²) in [5, 5.41) is 11.6. The summed E-state index contributed by atoms with van der Waals surface area (Å²) in [6.07, 6.45) is 3.36. The number of nitrogens with one attached hydrogen (secondary N) is 1. The highest BCUT2D eigenvalue weighted by Gasteiger charge is 2.27. The quantitative estimate of drug-likeness (QED) is 0.898. The smallest absolute Gasteiger partial charge is 0.257 e. The van der Waals surface area contributed by atoms with E-state index in [2.05, 4.69) is 5.32 Å². The summed E-state index contributed by atoms with van der Waals surface area (Å²) in [7, 11) is 0. The molecule has 1 aromatic heterocycles. The third-order valence-corrected chi connectivity index (χ3v) is 4.20. The van der Waals surface area contributed by atoms with Crippen molar-refractivity contribution in [1.29, 1.82) is 0 Å². The van der Waals surface area contributed by atoms with Crippen molar-refractivity contribution < 1.29 is 14.3 Å². The molecule has 1 atom stereocenters. The Kier molecular flexibility index (Phi) is 4.12. The van der Waals surface area contributed by atoms with E-state index < -0.39 is 23.2 Å². The zero-order valence-corrected chi connectivity index (χ0v) is 13.2. The second-order valence-electron chi connectivity index (χ2n) is 5.85. The Bertz CT molecular complexity index is 845. The van der Waals surface area contributed by atoms with Gasteiger partial charge in [-0.15, -0.1) is 0 Å². The number of pyridine rings is 1. The molecule has 1 aliphatic carbocycles. The van der Waals surface area contributed by atoms with Crippen LogP contribution in [0, 0.1) is 5.82 Å². The number of hydrogen-bond donors (Lipinski definition) is 2. The maximum Gasteiger partial charge on any atom is 0.257 e. The Morgan fingerprint density at radius 3 is 2.83 bits per heavy atom. The highest BCUT2D eigenvalue weighted by Crippen LogP contribution is 2.37. The van der Waals surface area contributed by atoms with Crippen molar-refractivity contribution >= 4 is 28.4 Å². The number of halogens is 2. The molecule has 3 rings (SSSR count). The van der Waals surface area contributed by atoms with Crippen LogP contribution in [0.4, 0.5) is 4.39 Å². The predicted molar refractivity (Wildman–Crippen MR) is 85.5 cm³/mol. The van der Waals surface area contributed by atoms with E-state index in [0.29, 0.717) is 5.52 Å². The zero-order valence-electron chi connectivity index (χ0n) is 12.5. The van der Waals surface area contributed by atoms with Crippen molar-refractivity contribution in [2.45, 2.75) is 31.8 Å². The first-order chi connectivity index (χ1) is 10.9. The van der Waals surface area contributed by atoms with Gasteiger partial charge in [0, 0.05) is 23.7 Å². The highest BCUT2D eigenvalue weighted by atomic mass is 35.5. The number of hydrogen-bond acceptors (Lipinski definition) is 3. The Morgan fingerprint density at radius 2 is 2.22 bits per heavy atom. The average Bonchev–Trinajstić information content (AvgIpc) is 3.34. The average molecular weight is 339 g/mol. The largest absolute Gasteiger partial charge is 0.394 e. The number of aliphatic hydroxyl groups is 1. The molecule has 1 saturated carbocycles. The first kappa shape index (κ1) is 16.0. The van der Waals surface area contributed by atoms with Crippen LogP contribution >= 0.6 is 11.6 Å². The molecule has 0 spiro atoms. The van der Waals surface area contributed by atoms with E-state index >= 15 is 0 Å². The summed E-state index contributed by atoms with van der Waals surface area (Å²) in [5.74, 6) is -1.27. The van der Waals surface area contributed by atoms with Crippen LogP contribution in [0.5, 0.6) is 0 Å². The second kappa shape index (κ2) is 5.94. The topological polar surface area (TPSA) is 71.3 Å². The summed E-state index contributed by atoms with van der Waals surface area (Å²) in [6, 6.07) is 2.20. The molecule has 122 valence electrons. The fraction of sp³-hybridized carbons (Fsp3) is 0.375. The second-order valence-corrected chi connectivity index (χ2v) is 6.26. The molecule has 2 aromatic rings. The molecule has 1 amide bonds. The molecule has 7 heteroatoms. The fourth-order valence-electron chi connectivity index (χ4n) is 2.51. The van der Waals surface area contributed by atoms with Gasteiger partial charge in [0.2, 0.25) is 5.43 Å². The molecule has 0 aliphatic heterocycles. The van der Waals surface area contributed by atoms with Crippen LogP contribution in [0.1, 0.15) is 36.2 Å². The minimum absolute atomic E-state index is 0.0580. The number of carbonyl (C=O) groups is 1. The van der Waals surface area contributed by atoms with Gasteiger partial charge in [-0.05, 0) is 31.9 Å². The van der Waals surface area contributed by atoms with E-state index in [1.165, 1.54) is 12.3 Å². The number of amides is 1. The summed E-state index contributed by atoms with van der Waals surface area (Å²) >= 11 is 5.83. The van der Waals surface area contributed by atoms with E-state index in [4.69, 9.17) is 16.7 Å². The van der Waals surface area contributed by atoms with Gasteiger partial charge >= 0.3 is 0 Å². The lowest BCUT2D eigenvalue weighted by atomic mass is 10.1. The van der Waals surface area contributed by atoms with Crippen LogP contribution < -0.4 is 10.7 Å². The maximum absolute atomic E-state index is 13.8. The van der Waals surface area contributed by atoms with Gasteiger partial charge in [0.25, 0.3) is 5.91 Å². The number of fused-ring (bicyclic) bond motifs is 1. The van der Waals surface area contributed by atoms with E-state index in [1.54, 1.807) is 11.5 Å². The molecule has 1 fully saturated rings. The summed E-state index contributed by atoms with van der Waals surface area (Å²) in [5.41, 5.74) is -0.0859. The van der Waals surface area contributed by atoms with Crippen molar-refractivity contribution in [2.24, 2.45) is 0 Å². The van der Waals surface area contributed by atoms with Gasteiger partial charge in [-0.2, -0.15) is 0 Å². The Morgan fingerprint density at radius 1 is 1.52 bits per heavy atom. The SMILES string of the molecule is CC(CO)NC(=O)c1cn(C2CC2)c2cc(Cl)c(F)cc2c1=O. The van der Waals surface area contributed by atoms with Gasteiger partial charge < -0.3 is 15.0 Å². The maximum atomic E-state index is 13.8. The number of aliphatic hydroxyl groups excluding tert-OH is 1. The van der Waals surface area contributed by atoms with Crippen LogP contribution in [-0.2, 0) is 0 Å². The minimum Gasteiger partial charge on any atom is -0.394 e. The first-order valence-corrected chi connectivity index (χ1v) is 7.75. The molecule has 0 saturated heterocycles. The van der Waals surface area contributed by atoms with Gasteiger partial charge in [0.1, 0.15) is 11.4 Å². The van der Waals surface area contributed by atoms with Crippen molar-refractivity contribution in [2.75, 3.05) is 6.61 Å². The number of rotatable bonds is 4. The normalized spacial score (nSPS) is 15.7. The van der Waals surface area contributed by atoms with Gasteiger partial charge in [-0.1, -0.05) is 11.6 Å². The molecular formula is C16H16ClFN2O3. The predicted octanol–water partition coefficient (Wildman–Crippen LogP) is 2.24. The monoisotopic (exact) mass is 338 g/mol. The van der Waals surface area contributed by atoms with E-state index in [0.717, 1.165) is 18.9 Å². The van der Waals surface area contributed by atoms with Crippen LogP contribution in [0.25, 0.3) is 10.9 Å². The number of benzene rings is 1. The summed E-state index contributed by atoms with van der Waals surface area (Å²) in [6.45, 7) is 1.39. The van der Waals surface area contributed by atoms with Crippen molar-refractivity contribution in [3.05, 3.63) is 45.0 Å². The van der Waals surface area contributed by atoms with E-state index in [-0.39, 0.29) is 28.6 Å². The molecule has 5 nitrogen and oxygen atoms in total. The third-order valence-electron chi connectivity index (χ3n) is 3.91. The Labute approximate surface area is 136 Å². The van der Waals surface area contributed by atoms with Gasteiger partial charge in [-0.3, -0.25) is 9.59 Å². The zero-order chi connectivity index (χ0) is 16.7. The van der Waals surface area contributed by atoms with E-state index in [1.807, 2.05) is 0 Å². The molecule has 23 heavy (non-hydrogen) atoms. The van der Waals surface area contributed by atoms with Crippen molar-refractivity contribution in [3.8, 4) is 0 Å². The lowest BCUT2D eigenvalue weighted by Crippen LogP contribution is -2.37. The molecule has 2 N–H and O–H groups in total. The first-order valence-electron chi connectivity index (χ1n) is 7.38. The summed E-state index contributed by atoms with van der Waals surface area (Å²) in [4.78, 5) is 24.8. The van der Waals surface area contributed by atoms with Crippen LogP contribution in [-0.4, -0.2) is 28.2 Å². The summed E-state index contributed by atoms with van der Waals surface area (Å²) < 4.78 is 15.6. The lowest BCUT2D eigenvalue weighted by molar-refractivity contribution is 0.0920. The molecular weight excluding hydrogens is 323 g/mol. The molecule has 1 aromatic carbocycles. The highest BCUT2D eigenvalue weighted by molar-refractivity contribution is 6.31. The molecule has 1 heterocycles. The lowest BCUT2D eigenvalue weighted by Gasteiger charge is -2.15. The Hall–Kier alpha value is -1.92. The molecule has 1 unspecified atom stereocenters. The minimum atomic E-state index is -0.695. The van der Waals surface area contributed by atoms with Gasteiger partial charge in [0.05, 0.1) is 17.1 Å². The van der Waals surface area contributed by atoms with Crippen LogP contribution in [0.2, 0.25) is 5.02 Å². The van der Waals surface area contributed by atoms with Gasteiger partial charge in [0.15, 0.2) is 0 Å². The Balaban J connectivity index is 2.20. The van der Waals surface area contributed by atoms with Gasteiger partial charge in [-0.25, -0.2) is 4.39 Å². The fourth-order valence-corrected chi connectivity index (χ4v) is 2.67. The third kappa shape index (κ3) is 2.96. The number of aromatic nitrogens is 1. The van der Waals surface area contributed by atoms with Crippen LogP contribution in [0.3, 0.4) is 0 Å². The van der Waals surface area contributed by atoms with Crippen molar-refractivity contribution in [3.63, 3.8) is 0 Å².